The monoisotopic (exact) mass is 339 g/mol. The Balaban J connectivity index is 2.02. The zero-order valence-corrected chi connectivity index (χ0v) is 14.6. The molecule has 1 aliphatic heterocycles. The zero-order valence-electron chi connectivity index (χ0n) is 14.6. The second-order valence-electron chi connectivity index (χ2n) is 6.20. The van der Waals surface area contributed by atoms with Crippen LogP contribution in [0.15, 0.2) is 18.2 Å². The van der Waals surface area contributed by atoms with Crippen molar-refractivity contribution < 1.29 is 23.4 Å². The fourth-order valence-electron chi connectivity index (χ4n) is 2.33. The first-order valence-electron chi connectivity index (χ1n) is 8.43. The van der Waals surface area contributed by atoms with Crippen molar-refractivity contribution in [2.24, 2.45) is 0 Å². The Hall–Kier alpha value is -1.66. The third-order valence-electron chi connectivity index (χ3n) is 4.50. The molecular formula is C18H26FNO4. The summed E-state index contributed by atoms with van der Waals surface area (Å²) in [5.41, 5.74) is -0.175. The smallest absolute Gasteiger partial charge is 0.339 e. The van der Waals surface area contributed by atoms with Crippen molar-refractivity contribution in [2.75, 3.05) is 33.0 Å². The third-order valence-corrected chi connectivity index (χ3v) is 4.50. The van der Waals surface area contributed by atoms with Gasteiger partial charge in [0.15, 0.2) is 11.6 Å². The van der Waals surface area contributed by atoms with Crippen molar-refractivity contribution in [1.29, 1.82) is 0 Å². The van der Waals surface area contributed by atoms with Gasteiger partial charge in [-0.25, -0.2) is 9.18 Å². The summed E-state index contributed by atoms with van der Waals surface area (Å²) in [4.78, 5) is 14.2. The van der Waals surface area contributed by atoms with Crippen molar-refractivity contribution in [3.8, 4) is 5.75 Å². The van der Waals surface area contributed by atoms with E-state index in [1.54, 1.807) is 0 Å². The van der Waals surface area contributed by atoms with Crippen LogP contribution < -0.4 is 4.74 Å². The summed E-state index contributed by atoms with van der Waals surface area (Å²) in [5, 5.41) is 0. The molecule has 0 saturated carbocycles. The van der Waals surface area contributed by atoms with Gasteiger partial charge in [0.25, 0.3) is 0 Å². The van der Waals surface area contributed by atoms with Crippen LogP contribution in [0.3, 0.4) is 0 Å². The summed E-state index contributed by atoms with van der Waals surface area (Å²) in [7, 11) is 0. The number of hydrogen-bond acceptors (Lipinski definition) is 5. The number of nitrogens with zero attached hydrogens (tertiary/aromatic N) is 1. The number of carbonyl (C=O) groups is 1. The summed E-state index contributed by atoms with van der Waals surface area (Å²) in [6.45, 7) is 8.85. The zero-order chi connectivity index (χ0) is 17.6. The first-order chi connectivity index (χ1) is 11.5. The summed E-state index contributed by atoms with van der Waals surface area (Å²) < 4.78 is 30.4. The number of halogens is 1. The number of esters is 1. The average Bonchev–Trinajstić information content (AvgIpc) is 2.62. The molecule has 1 heterocycles. The molecule has 0 bridgehead atoms. The molecule has 0 atom stereocenters. The first kappa shape index (κ1) is 18.7. The van der Waals surface area contributed by atoms with Crippen LogP contribution >= 0.6 is 0 Å². The van der Waals surface area contributed by atoms with E-state index in [0.29, 0.717) is 13.2 Å². The van der Waals surface area contributed by atoms with E-state index in [4.69, 9.17) is 14.2 Å². The van der Waals surface area contributed by atoms with Crippen LogP contribution in [0.5, 0.6) is 5.75 Å². The van der Waals surface area contributed by atoms with Gasteiger partial charge in [-0.05, 0) is 38.0 Å². The van der Waals surface area contributed by atoms with Gasteiger partial charge in [-0.3, -0.25) is 4.90 Å². The first-order valence-corrected chi connectivity index (χ1v) is 8.43. The van der Waals surface area contributed by atoms with Gasteiger partial charge in [0.1, 0.15) is 12.3 Å². The highest BCUT2D eigenvalue weighted by molar-refractivity contribution is 5.89. The van der Waals surface area contributed by atoms with Gasteiger partial charge in [0.05, 0.1) is 18.8 Å². The van der Waals surface area contributed by atoms with Crippen molar-refractivity contribution in [3.63, 3.8) is 0 Å². The molecule has 5 nitrogen and oxygen atoms in total. The number of ether oxygens (including phenoxy) is 3. The van der Waals surface area contributed by atoms with E-state index in [-0.39, 0.29) is 18.0 Å². The van der Waals surface area contributed by atoms with Gasteiger partial charge in [-0.2, -0.15) is 0 Å². The number of benzene rings is 1. The number of carbonyl (C=O) groups excluding carboxylic acids is 1. The highest BCUT2D eigenvalue weighted by Crippen LogP contribution is 2.27. The topological polar surface area (TPSA) is 48.0 Å². The maximum absolute atomic E-state index is 14.0. The molecule has 1 saturated heterocycles. The highest BCUT2D eigenvalue weighted by Gasteiger charge is 2.24. The van der Waals surface area contributed by atoms with Crippen molar-refractivity contribution >= 4 is 5.97 Å². The van der Waals surface area contributed by atoms with Gasteiger partial charge in [0.2, 0.25) is 0 Å². The molecule has 1 aliphatic rings. The number of rotatable bonds is 7. The summed E-state index contributed by atoms with van der Waals surface area (Å²) in [5.74, 6) is -0.879. The van der Waals surface area contributed by atoms with E-state index in [1.807, 2.05) is 25.7 Å². The van der Waals surface area contributed by atoms with Crippen LogP contribution in [0.25, 0.3) is 0 Å². The third kappa shape index (κ3) is 4.92. The number of morpholine rings is 1. The number of hydrogen-bond donors (Lipinski definition) is 0. The van der Waals surface area contributed by atoms with Crippen LogP contribution in [0, 0.1) is 5.82 Å². The molecule has 0 aromatic heterocycles. The predicted octanol–water partition coefficient (Wildman–Crippen LogP) is 3.23. The van der Waals surface area contributed by atoms with Gasteiger partial charge < -0.3 is 14.2 Å². The molecule has 0 aliphatic carbocycles. The summed E-state index contributed by atoms with van der Waals surface area (Å²) in [6.07, 6.45) is 1.49. The van der Waals surface area contributed by atoms with Crippen LogP contribution in [-0.4, -0.2) is 49.5 Å². The average molecular weight is 339 g/mol. The van der Waals surface area contributed by atoms with Crippen LogP contribution in [-0.2, 0) is 9.47 Å². The maximum Gasteiger partial charge on any atom is 0.339 e. The van der Waals surface area contributed by atoms with Gasteiger partial charge in [-0.15, -0.1) is 0 Å². The largest absolute Gasteiger partial charge is 0.485 e. The van der Waals surface area contributed by atoms with Crippen LogP contribution in [0.4, 0.5) is 4.39 Å². The molecule has 1 aromatic carbocycles. The molecule has 134 valence electrons. The van der Waals surface area contributed by atoms with E-state index >= 15 is 0 Å². The van der Waals surface area contributed by atoms with Crippen molar-refractivity contribution in [3.05, 3.63) is 29.6 Å². The Morgan fingerprint density at radius 2 is 1.96 bits per heavy atom. The maximum atomic E-state index is 14.0. The van der Waals surface area contributed by atoms with E-state index < -0.39 is 17.4 Å². The summed E-state index contributed by atoms with van der Waals surface area (Å²) in [6, 6.07) is 4.08. The molecule has 0 amide bonds. The molecule has 0 radical (unpaired) electrons. The second-order valence-corrected chi connectivity index (χ2v) is 6.20. The van der Waals surface area contributed by atoms with Gasteiger partial charge in [0, 0.05) is 13.1 Å². The standard InChI is InChI=1S/C18H26FNO4/c1-4-18(3,5-2)24-16-12-14(6-7-15(16)19)17(21)23-13-20-8-10-22-11-9-20/h6-7,12H,4-5,8-11,13H2,1-3H3. The minimum atomic E-state index is -0.485. The minimum absolute atomic E-state index is 0.0852. The lowest BCUT2D eigenvalue weighted by molar-refractivity contribution is -0.0209. The Morgan fingerprint density at radius 3 is 2.58 bits per heavy atom. The Kier molecular flexibility index (Phi) is 6.57. The normalized spacial score (nSPS) is 16.0. The van der Waals surface area contributed by atoms with Crippen molar-refractivity contribution in [1.82, 2.24) is 4.90 Å². The molecule has 0 unspecified atom stereocenters. The molecule has 6 heteroatoms. The quantitative estimate of drug-likeness (QED) is 0.714. The van der Waals surface area contributed by atoms with E-state index in [1.165, 1.54) is 18.2 Å². The Morgan fingerprint density at radius 1 is 1.29 bits per heavy atom. The molecule has 1 aromatic rings. The molecule has 0 N–H and O–H groups in total. The van der Waals surface area contributed by atoms with E-state index in [0.717, 1.165) is 25.9 Å². The minimum Gasteiger partial charge on any atom is -0.485 e. The lowest BCUT2D eigenvalue weighted by Gasteiger charge is -2.28. The van der Waals surface area contributed by atoms with Crippen molar-refractivity contribution in [2.45, 2.75) is 39.2 Å². The molecule has 24 heavy (non-hydrogen) atoms. The van der Waals surface area contributed by atoms with E-state index in [2.05, 4.69) is 0 Å². The molecule has 2 rings (SSSR count). The van der Waals surface area contributed by atoms with E-state index in [9.17, 15) is 9.18 Å². The predicted molar refractivity (Wildman–Crippen MR) is 88.7 cm³/mol. The highest BCUT2D eigenvalue weighted by atomic mass is 19.1. The van der Waals surface area contributed by atoms with Crippen LogP contribution in [0.2, 0.25) is 0 Å². The second kappa shape index (κ2) is 8.44. The molecule has 1 fully saturated rings. The van der Waals surface area contributed by atoms with Gasteiger partial charge in [-0.1, -0.05) is 13.8 Å². The fraction of sp³-hybridized carbons (Fsp3) is 0.611. The Labute approximate surface area is 142 Å². The molecular weight excluding hydrogens is 313 g/mol. The molecule has 0 spiro atoms. The summed E-state index contributed by atoms with van der Waals surface area (Å²) >= 11 is 0. The van der Waals surface area contributed by atoms with Crippen LogP contribution in [0.1, 0.15) is 44.0 Å². The Bertz CT molecular complexity index is 554. The lowest BCUT2D eigenvalue weighted by Crippen LogP contribution is -2.38. The van der Waals surface area contributed by atoms with Gasteiger partial charge >= 0.3 is 5.97 Å². The SMILES string of the molecule is CCC(C)(CC)Oc1cc(C(=O)OCN2CCOCC2)ccc1F. The lowest BCUT2D eigenvalue weighted by atomic mass is 10.00. The fourth-order valence-corrected chi connectivity index (χ4v) is 2.33.